The van der Waals surface area contributed by atoms with Crippen LogP contribution in [0.4, 0.5) is 29.3 Å². The molecule has 4 nitrogen and oxygen atoms in total. The van der Waals surface area contributed by atoms with E-state index in [1.165, 1.54) is 24.3 Å². The minimum absolute atomic E-state index is 0.0691. The second-order valence-electron chi connectivity index (χ2n) is 5.67. The molecular formula is C19H21F3N2O2S. The van der Waals surface area contributed by atoms with Gasteiger partial charge in [0, 0.05) is 17.1 Å². The molecular weight excluding hydrogens is 377 g/mol. The Hall–Kier alpha value is -2.35. The van der Waals surface area contributed by atoms with Crippen molar-refractivity contribution >= 4 is 29.2 Å². The van der Waals surface area contributed by atoms with E-state index in [9.17, 15) is 18.0 Å². The Morgan fingerprint density at radius 2 is 1.74 bits per heavy atom. The van der Waals surface area contributed by atoms with Crippen LogP contribution in [0.15, 0.2) is 53.4 Å². The van der Waals surface area contributed by atoms with Gasteiger partial charge in [-0.3, -0.25) is 0 Å². The Balaban J connectivity index is 2.05. The third kappa shape index (κ3) is 6.09. The molecule has 0 bridgehead atoms. The van der Waals surface area contributed by atoms with Gasteiger partial charge in [-0.15, -0.1) is 24.9 Å². The van der Waals surface area contributed by atoms with E-state index in [1.807, 2.05) is 30.5 Å². The lowest BCUT2D eigenvalue weighted by Gasteiger charge is -2.24. The number of ether oxygens (including phenoxy) is 1. The molecule has 0 aliphatic rings. The minimum Gasteiger partial charge on any atom is -0.449 e. The molecule has 0 unspecified atom stereocenters. The quantitative estimate of drug-likeness (QED) is 0.466. The average molecular weight is 398 g/mol. The van der Waals surface area contributed by atoms with E-state index in [1.54, 1.807) is 18.7 Å². The summed E-state index contributed by atoms with van der Waals surface area (Å²) < 4.78 is 44.3. The number of amides is 1. The Morgan fingerprint density at radius 1 is 1.11 bits per heavy atom. The molecule has 0 heterocycles. The number of hydrogen-bond acceptors (Lipinski definition) is 4. The van der Waals surface area contributed by atoms with Gasteiger partial charge in [0.15, 0.2) is 0 Å². The topological polar surface area (TPSA) is 41.6 Å². The number of rotatable bonds is 7. The first-order valence-corrected chi connectivity index (χ1v) is 9.58. The number of nitrogens with one attached hydrogen (secondary N) is 1. The van der Waals surface area contributed by atoms with Crippen molar-refractivity contribution in [2.24, 2.45) is 0 Å². The van der Waals surface area contributed by atoms with Crippen molar-refractivity contribution in [2.75, 3.05) is 23.1 Å². The summed E-state index contributed by atoms with van der Waals surface area (Å²) in [5.74, 6) is 0. The number of halogens is 3. The summed E-state index contributed by atoms with van der Waals surface area (Å²) in [6, 6.07) is 13.5. The van der Waals surface area contributed by atoms with Crippen LogP contribution in [0.3, 0.4) is 0 Å². The average Bonchev–Trinajstić information content (AvgIpc) is 2.65. The van der Waals surface area contributed by atoms with E-state index in [0.717, 1.165) is 10.5 Å². The van der Waals surface area contributed by atoms with Crippen molar-refractivity contribution in [3.8, 4) is 0 Å². The normalized spacial score (nSPS) is 11.1. The second-order valence-corrected chi connectivity index (χ2v) is 6.55. The number of carbonyl (C=O) groups is 1. The van der Waals surface area contributed by atoms with E-state index in [-0.39, 0.29) is 17.2 Å². The Bertz CT molecular complexity index is 734. The molecule has 0 atom stereocenters. The Labute approximate surface area is 160 Å². The first-order valence-electron chi connectivity index (χ1n) is 8.35. The van der Waals surface area contributed by atoms with E-state index in [2.05, 4.69) is 10.1 Å². The Kier molecular flexibility index (Phi) is 7.41. The maximum absolute atomic E-state index is 13.2. The highest BCUT2D eigenvalue weighted by Gasteiger charge is 2.43. The SMILES string of the molecule is CCCOC(=O)N(c1ccc(NCc2ccc(SC)cc2)cc1)C(F)(F)F. The van der Waals surface area contributed by atoms with E-state index >= 15 is 0 Å². The van der Waals surface area contributed by atoms with Crippen molar-refractivity contribution in [2.45, 2.75) is 31.1 Å². The van der Waals surface area contributed by atoms with Crippen molar-refractivity contribution in [1.29, 1.82) is 0 Å². The molecule has 2 rings (SSSR count). The number of carbonyl (C=O) groups excluding carboxylic acids is 1. The van der Waals surface area contributed by atoms with Crippen LogP contribution < -0.4 is 10.2 Å². The summed E-state index contributed by atoms with van der Waals surface area (Å²) in [5.41, 5.74) is 1.41. The highest BCUT2D eigenvalue weighted by atomic mass is 32.2. The van der Waals surface area contributed by atoms with Crippen LogP contribution in [0.1, 0.15) is 18.9 Å². The molecule has 2 aromatic rings. The zero-order chi connectivity index (χ0) is 19.9. The van der Waals surface area contributed by atoms with Crippen LogP contribution in [0, 0.1) is 0 Å². The van der Waals surface area contributed by atoms with Gasteiger partial charge in [0.2, 0.25) is 0 Å². The van der Waals surface area contributed by atoms with Gasteiger partial charge < -0.3 is 10.1 Å². The molecule has 1 N–H and O–H groups in total. The monoisotopic (exact) mass is 398 g/mol. The number of hydrogen-bond donors (Lipinski definition) is 1. The second kappa shape index (κ2) is 9.55. The molecule has 27 heavy (non-hydrogen) atoms. The van der Waals surface area contributed by atoms with Gasteiger partial charge in [-0.2, -0.15) is 4.90 Å². The van der Waals surface area contributed by atoms with Crippen LogP contribution in [0.5, 0.6) is 0 Å². The third-order valence-corrected chi connectivity index (χ3v) is 4.39. The number of nitrogens with zero attached hydrogens (tertiary/aromatic N) is 1. The first kappa shape index (κ1) is 21.0. The number of benzene rings is 2. The van der Waals surface area contributed by atoms with Crippen LogP contribution in [-0.2, 0) is 11.3 Å². The van der Waals surface area contributed by atoms with E-state index in [4.69, 9.17) is 0 Å². The van der Waals surface area contributed by atoms with E-state index in [0.29, 0.717) is 18.7 Å². The Morgan fingerprint density at radius 3 is 2.26 bits per heavy atom. The third-order valence-electron chi connectivity index (χ3n) is 3.65. The lowest BCUT2D eigenvalue weighted by atomic mass is 10.2. The summed E-state index contributed by atoms with van der Waals surface area (Å²) in [6.07, 6.45) is -3.85. The predicted octanol–water partition coefficient (Wildman–Crippen LogP) is 5.89. The molecule has 146 valence electrons. The number of alkyl halides is 3. The van der Waals surface area contributed by atoms with Crippen molar-refractivity contribution in [3.05, 3.63) is 54.1 Å². The minimum atomic E-state index is -4.86. The molecule has 8 heteroatoms. The van der Waals surface area contributed by atoms with Crippen LogP contribution in [-0.4, -0.2) is 25.3 Å². The van der Waals surface area contributed by atoms with Gasteiger partial charge in [-0.1, -0.05) is 19.1 Å². The van der Waals surface area contributed by atoms with Gasteiger partial charge in [0.05, 0.1) is 12.3 Å². The largest absolute Gasteiger partial charge is 0.494 e. The first-order chi connectivity index (χ1) is 12.8. The zero-order valence-electron chi connectivity index (χ0n) is 15.0. The fourth-order valence-corrected chi connectivity index (χ4v) is 2.69. The molecule has 0 saturated heterocycles. The van der Waals surface area contributed by atoms with Gasteiger partial charge in [0.1, 0.15) is 0 Å². The zero-order valence-corrected chi connectivity index (χ0v) is 15.9. The number of thioether (sulfide) groups is 1. The molecule has 0 aliphatic carbocycles. The molecule has 2 aromatic carbocycles. The maximum atomic E-state index is 13.2. The molecule has 1 amide bonds. The molecule has 0 spiro atoms. The molecule has 0 radical (unpaired) electrons. The molecule has 0 saturated carbocycles. The summed E-state index contributed by atoms with van der Waals surface area (Å²) in [6.45, 7) is 2.18. The maximum Gasteiger partial charge on any atom is 0.494 e. The smallest absolute Gasteiger partial charge is 0.449 e. The number of anilines is 2. The predicted molar refractivity (Wildman–Crippen MR) is 102 cm³/mol. The summed E-state index contributed by atoms with van der Waals surface area (Å²) in [7, 11) is 0. The fraction of sp³-hybridized carbons (Fsp3) is 0.316. The highest BCUT2D eigenvalue weighted by molar-refractivity contribution is 7.98. The van der Waals surface area contributed by atoms with Crippen LogP contribution in [0.2, 0.25) is 0 Å². The molecule has 0 fully saturated rings. The molecule has 0 aliphatic heterocycles. The highest BCUT2D eigenvalue weighted by Crippen LogP contribution is 2.30. The van der Waals surface area contributed by atoms with Gasteiger partial charge in [-0.25, -0.2) is 4.79 Å². The standard InChI is InChI=1S/C19H21F3N2O2S/c1-3-12-26-18(25)24(19(20,21)22)16-8-6-15(7-9-16)23-13-14-4-10-17(27-2)11-5-14/h4-11,23H,3,12-13H2,1-2H3. The van der Waals surface area contributed by atoms with Gasteiger partial charge in [0.25, 0.3) is 0 Å². The van der Waals surface area contributed by atoms with Crippen molar-refractivity contribution in [3.63, 3.8) is 0 Å². The van der Waals surface area contributed by atoms with Crippen LogP contribution >= 0.6 is 11.8 Å². The van der Waals surface area contributed by atoms with E-state index < -0.39 is 12.4 Å². The summed E-state index contributed by atoms with van der Waals surface area (Å²) >= 11 is 1.65. The summed E-state index contributed by atoms with van der Waals surface area (Å²) in [4.78, 5) is 12.6. The van der Waals surface area contributed by atoms with Gasteiger partial charge >= 0.3 is 12.4 Å². The lowest BCUT2D eigenvalue weighted by molar-refractivity contribution is -0.125. The summed E-state index contributed by atoms with van der Waals surface area (Å²) in [5, 5.41) is 3.14. The van der Waals surface area contributed by atoms with Crippen molar-refractivity contribution in [1.82, 2.24) is 0 Å². The fourth-order valence-electron chi connectivity index (χ4n) is 2.29. The van der Waals surface area contributed by atoms with Gasteiger partial charge in [-0.05, 0) is 54.6 Å². The van der Waals surface area contributed by atoms with Crippen LogP contribution in [0.25, 0.3) is 0 Å². The van der Waals surface area contributed by atoms with Crippen molar-refractivity contribution < 1.29 is 22.7 Å². The lowest BCUT2D eigenvalue weighted by Crippen LogP contribution is -2.43. The molecule has 0 aromatic heterocycles.